The standard InChI is InChI=1S/C15H18O4/c16-14(17)9-15-7-6-12(19-15)8-13(15)18-10-11-4-2-1-3-5-11/h1-5,12-13H,6-10H2,(H,16,17). The molecule has 2 fully saturated rings. The molecule has 2 heterocycles. The first-order valence-corrected chi connectivity index (χ1v) is 6.73. The van der Waals surface area contributed by atoms with Gasteiger partial charge in [-0.25, -0.2) is 0 Å². The minimum atomic E-state index is -0.809. The van der Waals surface area contributed by atoms with E-state index in [0.29, 0.717) is 6.61 Å². The molecule has 2 bridgehead atoms. The van der Waals surface area contributed by atoms with Gasteiger partial charge in [0.15, 0.2) is 0 Å². The molecule has 3 atom stereocenters. The van der Waals surface area contributed by atoms with Crippen LogP contribution >= 0.6 is 0 Å². The summed E-state index contributed by atoms with van der Waals surface area (Å²) in [5.74, 6) is -0.809. The molecule has 4 heteroatoms. The Hall–Kier alpha value is -1.39. The zero-order valence-corrected chi connectivity index (χ0v) is 10.7. The molecule has 1 aromatic carbocycles. The number of aliphatic carboxylic acids is 1. The van der Waals surface area contributed by atoms with E-state index in [1.807, 2.05) is 30.3 Å². The van der Waals surface area contributed by atoms with E-state index in [1.54, 1.807) is 0 Å². The fourth-order valence-electron chi connectivity index (χ4n) is 3.20. The van der Waals surface area contributed by atoms with Gasteiger partial charge in [0.25, 0.3) is 0 Å². The molecule has 0 amide bonds. The zero-order chi connectivity index (χ0) is 13.3. The Morgan fingerprint density at radius 1 is 1.42 bits per heavy atom. The van der Waals surface area contributed by atoms with Gasteiger partial charge in [-0.3, -0.25) is 4.79 Å². The summed E-state index contributed by atoms with van der Waals surface area (Å²) in [7, 11) is 0. The Morgan fingerprint density at radius 2 is 2.21 bits per heavy atom. The van der Waals surface area contributed by atoms with Crippen LogP contribution < -0.4 is 0 Å². The van der Waals surface area contributed by atoms with Crippen molar-refractivity contribution in [3.63, 3.8) is 0 Å². The second-order valence-electron chi connectivity index (χ2n) is 5.43. The van der Waals surface area contributed by atoms with Crippen molar-refractivity contribution in [3.8, 4) is 0 Å². The number of benzene rings is 1. The number of carboxylic acids is 1. The minimum absolute atomic E-state index is 0.0446. The van der Waals surface area contributed by atoms with E-state index in [4.69, 9.17) is 14.6 Å². The number of hydrogen-bond acceptors (Lipinski definition) is 3. The molecule has 0 aromatic heterocycles. The third-order valence-corrected chi connectivity index (χ3v) is 4.10. The maximum atomic E-state index is 11.0. The summed E-state index contributed by atoms with van der Waals surface area (Å²) in [5.41, 5.74) is 0.515. The lowest BCUT2D eigenvalue weighted by atomic mass is 9.83. The molecule has 1 aromatic rings. The van der Waals surface area contributed by atoms with E-state index >= 15 is 0 Å². The van der Waals surface area contributed by atoms with Crippen molar-refractivity contribution in [2.45, 2.75) is 50.1 Å². The van der Waals surface area contributed by atoms with Gasteiger partial charge in [-0.05, 0) is 18.4 Å². The summed E-state index contributed by atoms with van der Waals surface area (Å²) < 4.78 is 11.8. The largest absolute Gasteiger partial charge is 0.481 e. The van der Waals surface area contributed by atoms with Crippen molar-refractivity contribution in [1.29, 1.82) is 0 Å². The number of fused-ring (bicyclic) bond motifs is 2. The van der Waals surface area contributed by atoms with Crippen LogP contribution in [-0.2, 0) is 20.9 Å². The van der Waals surface area contributed by atoms with E-state index in [9.17, 15) is 4.79 Å². The van der Waals surface area contributed by atoms with E-state index in [2.05, 4.69) is 0 Å². The van der Waals surface area contributed by atoms with Crippen LogP contribution in [0.3, 0.4) is 0 Å². The number of carbonyl (C=O) groups is 1. The molecule has 0 saturated carbocycles. The van der Waals surface area contributed by atoms with Crippen LogP contribution in [-0.4, -0.2) is 28.9 Å². The monoisotopic (exact) mass is 262 g/mol. The third kappa shape index (κ3) is 2.51. The Labute approximate surface area is 112 Å². The topological polar surface area (TPSA) is 55.8 Å². The van der Waals surface area contributed by atoms with Crippen molar-refractivity contribution in [3.05, 3.63) is 35.9 Å². The van der Waals surface area contributed by atoms with Crippen molar-refractivity contribution in [2.75, 3.05) is 0 Å². The molecule has 2 aliphatic heterocycles. The fourth-order valence-corrected chi connectivity index (χ4v) is 3.20. The van der Waals surface area contributed by atoms with Crippen LogP contribution in [0.4, 0.5) is 0 Å². The Morgan fingerprint density at radius 3 is 2.89 bits per heavy atom. The molecule has 2 aliphatic rings. The summed E-state index contributed by atoms with van der Waals surface area (Å²) in [6.07, 6.45) is 2.70. The Kier molecular flexibility index (Phi) is 3.29. The number of carboxylic acid groups (broad SMARTS) is 1. The normalized spacial score (nSPS) is 32.6. The van der Waals surface area contributed by atoms with Crippen LogP contribution in [0.1, 0.15) is 31.2 Å². The fraction of sp³-hybridized carbons (Fsp3) is 0.533. The number of rotatable bonds is 5. The highest BCUT2D eigenvalue weighted by Gasteiger charge is 2.55. The van der Waals surface area contributed by atoms with Gasteiger partial charge in [0.05, 0.1) is 25.2 Å². The first kappa shape index (κ1) is 12.6. The van der Waals surface area contributed by atoms with Gasteiger partial charge in [0.1, 0.15) is 5.60 Å². The second-order valence-corrected chi connectivity index (χ2v) is 5.43. The first-order valence-electron chi connectivity index (χ1n) is 6.73. The van der Waals surface area contributed by atoms with Gasteiger partial charge in [-0.15, -0.1) is 0 Å². The molecule has 3 rings (SSSR count). The molecule has 4 nitrogen and oxygen atoms in total. The molecular weight excluding hydrogens is 244 g/mol. The lowest BCUT2D eigenvalue weighted by Gasteiger charge is -2.31. The Bertz CT molecular complexity index is 458. The van der Waals surface area contributed by atoms with Crippen molar-refractivity contribution in [1.82, 2.24) is 0 Å². The SMILES string of the molecule is O=C(O)CC12CCC(CC1OCc1ccccc1)O2. The summed E-state index contributed by atoms with van der Waals surface area (Å²) in [4.78, 5) is 11.0. The molecule has 0 aliphatic carbocycles. The number of hydrogen-bond donors (Lipinski definition) is 1. The molecule has 0 radical (unpaired) electrons. The van der Waals surface area contributed by atoms with Gasteiger partial charge in [-0.2, -0.15) is 0 Å². The first-order chi connectivity index (χ1) is 9.18. The highest BCUT2D eigenvalue weighted by atomic mass is 16.6. The van der Waals surface area contributed by atoms with Gasteiger partial charge in [0.2, 0.25) is 0 Å². The van der Waals surface area contributed by atoms with E-state index in [0.717, 1.165) is 24.8 Å². The zero-order valence-electron chi connectivity index (χ0n) is 10.7. The van der Waals surface area contributed by atoms with Crippen LogP contribution in [0.25, 0.3) is 0 Å². The smallest absolute Gasteiger partial charge is 0.306 e. The molecule has 2 saturated heterocycles. The van der Waals surface area contributed by atoms with E-state index < -0.39 is 11.6 Å². The predicted molar refractivity (Wildman–Crippen MR) is 68.7 cm³/mol. The molecular formula is C15H18O4. The second kappa shape index (κ2) is 4.94. The molecule has 102 valence electrons. The van der Waals surface area contributed by atoms with Crippen LogP contribution in [0.2, 0.25) is 0 Å². The molecule has 19 heavy (non-hydrogen) atoms. The summed E-state index contributed by atoms with van der Waals surface area (Å²) in [6, 6.07) is 9.94. The van der Waals surface area contributed by atoms with Crippen molar-refractivity contribution in [2.24, 2.45) is 0 Å². The van der Waals surface area contributed by atoms with E-state index in [-0.39, 0.29) is 18.6 Å². The van der Waals surface area contributed by atoms with Gasteiger partial charge < -0.3 is 14.6 Å². The van der Waals surface area contributed by atoms with Crippen LogP contribution in [0.15, 0.2) is 30.3 Å². The van der Waals surface area contributed by atoms with Crippen LogP contribution in [0.5, 0.6) is 0 Å². The lowest BCUT2D eigenvalue weighted by molar-refractivity contribution is -0.148. The predicted octanol–water partition coefficient (Wildman–Crippen LogP) is 2.37. The molecule has 1 N–H and O–H groups in total. The van der Waals surface area contributed by atoms with Gasteiger partial charge >= 0.3 is 5.97 Å². The highest BCUT2D eigenvalue weighted by molar-refractivity contribution is 5.68. The van der Waals surface area contributed by atoms with E-state index in [1.165, 1.54) is 0 Å². The summed E-state index contributed by atoms with van der Waals surface area (Å²) in [5, 5.41) is 9.06. The average Bonchev–Trinajstić information content (AvgIpc) is 2.93. The average molecular weight is 262 g/mol. The maximum Gasteiger partial charge on any atom is 0.306 e. The highest BCUT2D eigenvalue weighted by Crippen LogP contribution is 2.47. The Balaban J connectivity index is 1.65. The quantitative estimate of drug-likeness (QED) is 0.885. The maximum absolute atomic E-state index is 11.0. The van der Waals surface area contributed by atoms with Crippen LogP contribution in [0, 0.1) is 0 Å². The summed E-state index contributed by atoms with van der Waals surface area (Å²) in [6.45, 7) is 0.517. The number of ether oxygens (including phenoxy) is 2. The third-order valence-electron chi connectivity index (χ3n) is 4.10. The minimum Gasteiger partial charge on any atom is -0.481 e. The lowest BCUT2D eigenvalue weighted by Crippen LogP contribution is -2.42. The van der Waals surface area contributed by atoms with Crippen molar-refractivity contribution >= 4 is 5.97 Å². The molecule has 0 spiro atoms. The van der Waals surface area contributed by atoms with Gasteiger partial charge in [0, 0.05) is 6.42 Å². The molecule has 3 unspecified atom stereocenters. The van der Waals surface area contributed by atoms with Gasteiger partial charge in [-0.1, -0.05) is 30.3 Å². The van der Waals surface area contributed by atoms with Crippen molar-refractivity contribution < 1.29 is 19.4 Å². The summed E-state index contributed by atoms with van der Waals surface area (Å²) >= 11 is 0.